The van der Waals surface area contributed by atoms with E-state index in [0.29, 0.717) is 28.2 Å². The Morgan fingerprint density at radius 1 is 0.921 bits per heavy atom. The highest BCUT2D eigenvalue weighted by molar-refractivity contribution is 7.92. The molecule has 38 heavy (non-hydrogen) atoms. The van der Waals surface area contributed by atoms with E-state index in [1.807, 2.05) is 42.5 Å². The van der Waals surface area contributed by atoms with Crippen LogP contribution in [-0.2, 0) is 22.0 Å². The molecular weight excluding hydrogens is 498 g/mol. The Bertz CT molecular complexity index is 1680. The van der Waals surface area contributed by atoms with Gasteiger partial charge < -0.3 is 14.7 Å². The maximum Gasteiger partial charge on any atom is 0.268 e. The number of sulfonamides is 1. The van der Waals surface area contributed by atoms with Crippen LogP contribution < -0.4 is 10.0 Å². The van der Waals surface area contributed by atoms with Crippen LogP contribution in [0, 0.1) is 0 Å². The number of carbonyl (C=O) groups excluding carboxylic acids is 1. The molecule has 7 nitrogen and oxygen atoms in total. The van der Waals surface area contributed by atoms with E-state index >= 15 is 0 Å². The molecule has 3 N–H and O–H groups in total. The third-order valence-electron chi connectivity index (χ3n) is 6.37. The van der Waals surface area contributed by atoms with Crippen LogP contribution in [0.4, 0.5) is 5.69 Å². The fraction of sp³-hybridized carbons (Fsp3) is 0.167. The van der Waals surface area contributed by atoms with Crippen molar-refractivity contribution in [2.24, 2.45) is 0 Å². The molecule has 1 amide bonds. The lowest BCUT2D eigenvalue weighted by Crippen LogP contribution is -2.23. The zero-order valence-corrected chi connectivity index (χ0v) is 22.2. The van der Waals surface area contributed by atoms with Gasteiger partial charge in [0, 0.05) is 22.2 Å². The number of fused-ring (bicyclic) bond motifs is 1. The van der Waals surface area contributed by atoms with Crippen molar-refractivity contribution in [1.29, 1.82) is 0 Å². The quantitative estimate of drug-likeness (QED) is 0.226. The van der Waals surface area contributed by atoms with Crippen molar-refractivity contribution >= 4 is 32.5 Å². The van der Waals surface area contributed by atoms with Crippen LogP contribution in [0.5, 0.6) is 0 Å². The number of carbonyl (C=O) groups is 1. The summed E-state index contributed by atoms with van der Waals surface area (Å²) in [6.45, 7) is 6.48. The summed E-state index contributed by atoms with van der Waals surface area (Å²) in [7, 11) is -3.81. The summed E-state index contributed by atoms with van der Waals surface area (Å²) in [4.78, 5) is 16.6. The Kier molecular flexibility index (Phi) is 6.59. The summed E-state index contributed by atoms with van der Waals surface area (Å²) in [5, 5.41) is 3.61. The summed E-state index contributed by atoms with van der Waals surface area (Å²) in [5.74, 6) is 0.348. The first-order valence-electron chi connectivity index (χ1n) is 12.3. The highest BCUT2D eigenvalue weighted by Gasteiger charge is 2.22. The number of furan rings is 1. The van der Waals surface area contributed by atoms with Crippen molar-refractivity contribution in [2.45, 2.75) is 37.6 Å². The molecule has 0 aliphatic heterocycles. The zero-order chi connectivity index (χ0) is 26.9. The Morgan fingerprint density at radius 3 is 2.32 bits per heavy atom. The smallest absolute Gasteiger partial charge is 0.268 e. The van der Waals surface area contributed by atoms with Gasteiger partial charge in [-0.3, -0.25) is 9.52 Å². The summed E-state index contributed by atoms with van der Waals surface area (Å²) in [6.07, 6.45) is 1.56. The van der Waals surface area contributed by atoms with Gasteiger partial charge in [-0.25, -0.2) is 8.42 Å². The molecule has 194 valence electrons. The minimum atomic E-state index is -3.81. The predicted molar refractivity (Wildman–Crippen MR) is 150 cm³/mol. The molecular formula is C30H29N3O4S. The summed E-state index contributed by atoms with van der Waals surface area (Å²) in [6, 6.07) is 25.2. The van der Waals surface area contributed by atoms with Gasteiger partial charge in [-0.2, -0.15) is 0 Å². The van der Waals surface area contributed by atoms with Crippen LogP contribution >= 0.6 is 0 Å². The summed E-state index contributed by atoms with van der Waals surface area (Å²) in [5.41, 5.74) is 3.99. The second kappa shape index (κ2) is 9.87. The minimum absolute atomic E-state index is 0.0785. The Hall–Kier alpha value is -4.30. The number of hydrogen-bond acceptors (Lipinski definition) is 4. The molecule has 0 unspecified atom stereocenters. The molecule has 0 radical (unpaired) electrons. The fourth-order valence-electron chi connectivity index (χ4n) is 4.35. The molecule has 0 saturated carbocycles. The molecule has 2 heterocycles. The highest BCUT2D eigenvalue weighted by Crippen LogP contribution is 2.35. The SMILES string of the molecule is CC(C)(C)c1ccc(S(=O)(=O)Nc2ccc3[nH]c(C(=O)NCc4ccco4)c(-c4ccccc4)c3c2)cc1. The van der Waals surface area contributed by atoms with Gasteiger partial charge in [0.25, 0.3) is 15.9 Å². The third-order valence-corrected chi connectivity index (χ3v) is 7.77. The average molecular weight is 528 g/mol. The molecule has 5 aromatic rings. The van der Waals surface area contributed by atoms with E-state index in [4.69, 9.17) is 4.42 Å². The summed E-state index contributed by atoms with van der Waals surface area (Å²) >= 11 is 0. The van der Waals surface area contributed by atoms with Crippen molar-refractivity contribution in [3.8, 4) is 11.1 Å². The molecule has 8 heteroatoms. The number of anilines is 1. The lowest BCUT2D eigenvalue weighted by atomic mass is 9.87. The molecule has 0 atom stereocenters. The number of rotatable bonds is 7. The van der Waals surface area contributed by atoms with Gasteiger partial charge in [-0.15, -0.1) is 0 Å². The molecule has 0 aliphatic rings. The highest BCUT2D eigenvalue weighted by atomic mass is 32.2. The van der Waals surface area contributed by atoms with Gasteiger partial charge in [-0.1, -0.05) is 63.2 Å². The van der Waals surface area contributed by atoms with E-state index in [-0.39, 0.29) is 22.8 Å². The summed E-state index contributed by atoms with van der Waals surface area (Å²) < 4.78 is 34.4. The molecule has 3 aromatic carbocycles. The van der Waals surface area contributed by atoms with Gasteiger partial charge in [0.15, 0.2) is 0 Å². The van der Waals surface area contributed by atoms with E-state index in [1.165, 1.54) is 0 Å². The first kappa shape index (κ1) is 25.4. The molecule has 0 bridgehead atoms. The van der Waals surface area contributed by atoms with Crippen molar-refractivity contribution < 1.29 is 17.6 Å². The molecule has 0 fully saturated rings. The predicted octanol–water partition coefficient (Wildman–Crippen LogP) is 6.46. The Balaban J connectivity index is 1.50. The van der Waals surface area contributed by atoms with Gasteiger partial charge in [-0.05, 0) is 59.0 Å². The normalized spacial score (nSPS) is 12.0. The topological polar surface area (TPSA) is 104 Å². The molecule has 0 saturated heterocycles. The number of H-pyrrole nitrogens is 1. The largest absolute Gasteiger partial charge is 0.467 e. The first-order chi connectivity index (χ1) is 18.1. The Morgan fingerprint density at radius 2 is 1.66 bits per heavy atom. The number of nitrogens with one attached hydrogen (secondary N) is 3. The van der Waals surface area contributed by atoms with Crippen LogP contribution in [0.2, 0.25) is 0 Å². The number of amides is 1. The number of aromatic amines is 1. The van der Waals surface area contributed by atoms with Crippen LogP contribution in [0.1, 0.15) is 42.6 Å². The molecule has 2 aromatic heterocycles. The van der Waals surface area contributed by atoms with Crippen LogP contribution in [0.15, 0.2) is 101 Å². The monoisotopic (exact) mass is 527 g/mol. The van der Waals surface area contributed by atoms with Crippen molar-refractivity contribution in [3.63, 3.8) is 0 Å². The van der Waals surface area contributed by atoms with Gasteiger partial charge in [0.1, 0.15) is 11.5 Å². The first-order valence-corrected chi connectivity index (χ1v) is 13.8. The van der Waals surface area contributed by atoms with Crippen LogP contribution in [0.3, 0.4) is 0 Å². The number of hydrogen-bond donors (Lipinski definition) is 3. The van der Waals surface area contributed by atoms with E-state index in [2.05, 4.69) is 35.8 Å². The van der Waals surface area contributed by atoms with E-state index in [1.54, 1.807) is 48.7 Å². The maximum absolute atomic E-state index is 13.2. The second-order valence-electron chi connectivity index (χ2n) is 10.1. The average Bonchev–Trinajstić information content (AvgIpc) is 3.55. The molecule has 0 aliphatic carbocycles. The van der Waals surface area contributed by atoms with Gasteiger partial charge >= 0.3 is 0 Å². The van der Waals surface area contributed by atoms with Crippen molar-refractivity contribution in [1.82, 2.24) is 10.3 Å². The van der Waals surface area contributed by atoms with Gasteiger partial charge in [0.2, 0.25) is 0 Å². The third kappa shape index (κ3) is 5.21. The van der Waals surface area contributed by atoms with E-state index in [0.717, 1.165) is 16.5 Å². The molecule has 0 spiro atoms. The lowest BCUT2D eigenvalue weighted by molar-refractivity contribution is 0.0944. The van der Waals surface area contributed by atoms with Crippen LogP contribution in [-0.4, -0.2) is 19.3 Å². The second-order valence-corrected chi connectivity index (χ2v) is 11.8. The van der Waals surface area contributed by atoms with E-state index in [9.17, 15) is 13.2 Å². The zero-order valence-electron chi connectivity index (χ0n) is 21.4. The number of aromatic nitrogens is 1. The van der Waals surface area contributed by atoms with Crippen LogP contribution in [0.25, 0.3) is 22.0 Å². The standard InChI is InChI=1S/C30H29N3O4S/c1-30(2,3)21-11-14-24(15-12-21)38(35,36)33-22-13-16-26-25(18-22)27(20-8-5-4-6-9-20)28(32-26)29(34)31-19-23-10-7-17-37-23/h4-18,32-33H,19H2,1-3H3,(H,31,34). The van der Waals surface area contributed by atoms with Crippen molar-refractivity contribution in [3.05, 3.63) is 108 Å². The van der Waals surface area contributed by atoms with Gasteiger partial charge in [0.05, 0.1) is 17.7 Å². The fourth-order valence-corrected chi connectivity index (χ4v) is 5.40. The van der Waals surface area contributed by atoms with Crippen molar-refractivity contribution in [2.75, 3.05) is 4.72 Å². The lowest BCUT2D eigenvalue weighted by Gasteiger charge is -2.19. The number of benzene rings is 3. The molecule has 5 rings (SSSR count). The van der Waals surface area contributed by atoms with E-state index < -0.39 is 10.0 Å². The Labute approximate surface area is 221 Å². The maximum atomic E-state index is 13.2. The minimum Gasteiger partial charge on any atom is -0.467 e.